The van der Waals surface area contributed by atoms with Crippen LogP contribution in [0.4, 0.5) is 0 Å². The largest absolute Gasteiger partial charge is 0.394 e. The number of hydrogen-bond donors (Lipinski definition) is 17. The third-order valence-electron chi connectivity index (χ3n) is 13.1. The van der Waals surface area contributed by atoms with Crippen molar-refractivity contribution in [2.24, 2.45) is 0 Å². The molecule has 0 aromatic rings. The fraction of sp³-hybridized carbons (Fsp3) is 0.974. The first kappa shape index (κ1) is 56.4. The molecule has 32 heteroatoms. The van der Waals surface area contributed by atoms with E-state index in [-0.39, 0.29) is 11.3 Å². The van der Waals surface area contributed by atoms with E-state index in [0.717, 1.165) is 5.37 Å². The Morgan fingerprint density at radius 2 is 0.529 bits per heavy atom. The van der Waals surface area contributed by atoms with Gasteiger partial charge in [-0.15, -0.1) is 0 Å². The van der Waals surface area contributed by atoms with Crippen molar-refractivity contribution in [3.8, 4) is 0 Å². The molecule has 22 fully saturated rings. The Hall–Kier alpha value is -1.31. The summed E-state index contributed by atoms with van der Waals surface area (Å²) < 4.78 is 85.8. The molecule has 12 bridgehead atoms. The number of ether oxygens (including phenoxy) is 13. The number of rotatable bonds is 9. The first-order valence-electron chi connectivity index (χ1n) is 22.2. The van der Waals surface area contributed by atoms with Crippen LogP contribution in [0.1, 0.15) is 0 Å². The molecule has 0 aliphatic carbocycles. The normalized spacial score (nSPS) is 52.8. The summed E-state index contributed by atoms with van der Waals surface area (Å²) in [6, 6.07) is 0. The summed E-state index contributed by atoms with van der Waals surface area (Å²) in [5.41, 5.74) is 0. The number of aliphatic hydroxyl groups excluding tert-OH is 17. The molecule has 0 radical (unpaired) electrons. The van der Waals surface area contributed by atoms with Crippen molar-refractivity contribution in [1.82, 2.24) is 0 Å². The lowest BCUT2D eigenvalue weighted by Crippen LogP contribution is -2.69. The van der Waals surface area contributed by atoms with E-state index in [0.29, 0.717) is 0 Å². The summed E-state index contributed by atoms with van der Waals surface area (Å²) in [7, 11) is 0. The Kier molecular flexibility index (Phi) is 19.8. The molecule has 22 aliphatic rings. The molecule has 0 spiro atoms. The van der Waals surface area contributed by atoms with Crippen molar-refractivity contribution in [1.29, 1.82) is 0 Å². The average molecular weight is 1050 g/mol. The Morgan fingerprint density at radius 3 is 0.757 bits per heavy atom. The Balaban J connectivity index is 1.22. The van der Waals surface area contributed by atoms with E-state index in [9.17, 15) is 91.0 Å². The molecule has 22 rings (SSSR count). The van der Waals surface area contributed by atoms with Crippen LogP contribution in [0, 0.1) is 0 Å². The van der Waals surface area contributed by atoms with Gasteiger partial charge in [-0.2, -0.15) is 0 Å². The molecule has 22 heterocycles. The average Bonchev–Trinajstić information content (AvgIpc) is 3.35. The van der Waals surface area contributed by atoms with E-state index in [4.69, 9.17) is 61.6 Å². The maximum absolute atomic E-state index is 11.6. The van der Waals surface area contributed by atoms with Crippen LogP contribution in [0.15, 0.2) is 0 Å². The van der Waals surface area contributed by atoms with Gasteiger partial charge in [-0.3, -0.25) is 0 Å². The van der Waals surface area contributed by atoms with Gasteiger partial charge in [-0.05, 0) is 0 Å². The number of hydrogen-bond acceptors (Lipinski definition) is 31. The summed E-state index contributed by atoms with van der Waals surface area (Å²) in [6.07, 6.45) is -58.1. The summed E-state index contributed by atoms with van der Waals surface area (Å²) >= 11 is -0.0326. The third kappa shape index (κ3) is 11.3. The van der Waals surface area contributed by atoms with E-state index < -0.39 is 230 Å². The van der Waals surface area contributed by atoms with Crippen molar-refractivity contribution in [2.45, 2.75) is 184 Å². The third-order valence-corrected chi connectivity index (χ3v) is 13.3. The molecule has 0 aromatic carbocycles. The van der Waals surface area contributed by atoms with Crippen molar-refractivity contribution < 1.29 is 153 Å². The fourth-order valence-electron chi connectivity index (χ4n) is 9.28. The highest BCUT2D eigenvalue weighted by Crippen LogP contribution is 2.38. The molecular formula is C38H62O31S. The molecule has 0 unspecified atom stereocenters. The second kappa shape index (κ2) is 24.6. The van der Waals surface area contributed by atoms with Crippen LogP contribution in [-0.4, -0.2) is 327 Å². The summed E-state index contributed by atoms with van der Waals surface area (Å²) in [5.74, 6) is 0. The van der Waals surface area contributed by atoms with E-state index in [1.165, 1.54) is 0 Å². The topological polar surface area (TPSA) is 481 Å². The molecule has 406 valence electrons. The summed E-state index contributed by atoms with van der Waals surface area (Å²) in [5, 5.41) is 188. The molecule has 22 saturated heterocycles. The molecular weight excluding hydrogens is 984 g/mol. The predicted molar refractivity (Wildman–Crippen MR) is 214 cm³/mol. The van der Waals surface area contributed by atoms with Gasteiger partial charge >= 0.3 is 0 Å². The van der Waals surface area contributed by atoms with Crippen molar-refractivity contribution >= 4 is 16.6 Å². The second-order valence-corrected chi connectivity index (χ2v) is 17.9. The van der Waals surface area contributed by atoms with Crippen LogP contribution in [0.2, 0.25) is 0 Å². The van der Waals surface area contributed by atoms with E-state index in [1.54, 1.807) is 0 Å². The highest BCUT2D eigenvalue weighted by Gasteiger charge is 2.59. The van der Waals surface area contributed by atoms with Crippen LogP contribution < -0.4 is 0 Å². The maximum Gasteiger partial charge on any atom is 0.187 e. The Morgan fingerprint density at radius 1 is 0.314 bits per heavy atom. The van der Waals surface area contributed by atoms with Crippen molar-refractivity contribution in [3.05, 3.63) is 0 Å². The molecule has 30 atom stereocenters. The minimum absolute atomic E-state index is 0.0326. The van der Waals surface area contributed by atoms with Crippen LogP contribution in [0.5, 0.6) is 0 Å². The predicted octanol–water partition coefficient (Wildman–Crippen LogP) is -13.0. The Bertz CT molecular complexity index is 1680. The van der Waals surface area contributed by atoms with Gasteiger partial charge in [-0.25, -0.2) is 4.21 Å². The minimum Gasteiger partial charge on any atom is -0.394 e. The van der Waals surface area contributed by atoms with Crippen molar-refractivity contribution in [2.75, 3.05) is 46.2 Å². The zero-order chi connectivity index (χ0) is 50.9. The van der Waals surface area contributed by atoms with Gasteiger partial charge in [0.15, 0.2) is 37.7 Å². The SMILES string of the molecule is O=S=CCO[C@@H]1[C@@H](O)[C@H]2O[C@H]3[C@H](O)[C@@H](O)[C@@H](O[C@H]4[C@H](O)[C@@H](O)[C@@H](O[C@H]5[C@H](O)[C@@H](O)[C@@H](O[C@H]6[C@H](O)[C@@H](O)[C@@H](O[C@H]7[C@H](O)[C@@H](O)[C@@H](O[C@H]1[C@@H](CO)O2)O[C@@H]7CO)O[C@@H]6CO)O[C@@H]5CO)O[C@@H]4CO)O[C@@H]3CO. The molecule has 17 N–H and O–H groups in total. The van der Waals surface area contributed by atoms with Gasteiger partial charge in [0.2, 0.25) is 0 Å². The first-order valence-corrected chi connectivity index (χ1v) is 23.0. The molecule has 0 aromatic heterocycles. The lowest BCUT2D eigenvalue weighted by atomic mass is 9.94. The van der Waals surface area contributed by atoms with Gasteiger partial charge in [0.25, 0.3) is 0 Å². The van der Waals surface area contributed by atoms with Crippen LogP contribution in [0.3, 0.4) is 0 Å². The standard InChI is InChI=1S/C38H62O31S/c39-3-9-26-15(45)20(50)33(58-9)65-27-10(4-40)60-35(22(52)17(27)47)67-29-12(6-42)62-37(24(54)19(29)49)69-31-14(8-44)63-38(25(55)32(31)57-1-2-70-56)68-30-13(7-43)61-36(23(53)18(30)48)66-28-11(5-41)59-34(64-26)21(51)16(28)46/h2,9-55H,1,3-8H2/t9-,10-,11-,12-,13-,14-,15-,16-,17-,18-,19-,20-,21-,22-,23-,24-,25-,26-,27-,28-,29-,30-,31+,32-,33-,34-,35-,36-,37-,38-/m1/s1. The van der Waals surface area contributed by atoms with E-state index in [2.05, 4.69) is 0 Å². The summed E-state index contributed by atoms with van der Waals surface area (Å²) in [4.78, 5) is 0. The van der Waals surface area contributed by atoms with Crippen molar-refractivity contribution in [3.63, 3.8) is 0 Å². The molecule has 22 aliphatic heterocycles. The monoisotopic (exact) mass is 1050 g/mol. The maximum atomic E-state index is 11.6. The van der Waals surface area contributed by atoms with Crippen LogP contribution in [0.25, 0.3) is 0 Å². The minimum atomic E-state index is -2.16. The molecule has 0 amide bonds. The summed E-state index contributed by atoms with van der Waals surface area (Å²) in [6.45, 7) is -6.52. The highest BCUT2D eigenvalue weighted by molar-refractivity contribution is 7.64. The van der Waals surface area contributed by atoms with Crippen LogP contribution in [-0.2, 0) is 72.8 Å². The zero-order valence-corrected chi connectivity index (χ0v) is 37.4. The van der Waals surface area contributed by atoms with Gasteiger partial charge in [0, 0.05) is 5.37 Å². The lowest BCUT2D eigenvalue weighted by Gasteiger charge is -2.51. The fourth-order valence-corrected chi connectivity index (χ4v) is 9.42. The first-order chi connectivity index (χ1) is 33.5. The second-order valence-electron chi connectivity index (χ2n) is 17.4. The molecule has 70 heavy (non-hydrogen) atoms. The Labute approximate surface area is 399 Å². The lowest BCUT2D eigenvalue weighted by molar-refractivity contribution is -0.404. The number of aliphatic hydroxyl groups is 17. The van der Waals surface area contributed by atoms with Gasteiger partial charge in [0.1, 0.15) is 146 Å². The van der Waals surface area contributed by atoms with Gasteiger partial charge in [0.05, 0.1) is 57.5 Å². The molecule has 31 nitrogen and oxygen atoms in total. The quantitative estimate of drug-likeness (QED) is 0.0954. The van der Waals surface area contributed by atoms with E-state index >= 15 is 0 Å². The smallest absolute Gasteiger partial charge is 0.187 e. The van der Waals surface area contributed by atoms with E-state index in [1.807, 2.05) is 0 Å². The van der Waals surface area contributed by atoms with Gasteiger partial charge < -0.3 is 148 Å². The molecule has 0 saturated carbocycles. The highest BCUT2D eigenvalue weighted by atomic mass is 32.1. The van der Waals surface area contributed by atoms with Gasteiger partial charge in [-0.1, -0.05) is 0 Å². The van der Waals surface area contributed by atoms with Crippen LogP contribution >= 0.6 is 0 Å². The zero-order valence-electron chi connectivity index (χ0n) is 36.6.